The van der Waals surface area contributed by atoms with Gasteiger partial charge in [-0.05, 0) is 24.6 Å². The lowest BCUT2D eigenvalue weighted by molar-refractivity contribution is -0.137. The van der Waals surface area contributed by atoms with Crippen LogP contribution < -0.4 is 0 Å². The summed E-state index contributed by atoms with van der Waals surface area (Å²) in [6, 6.07) is 3.61. The molecule has 0 heterocycles. The molecule has 0 aliphatic carbocycles. The fourth-order valence-electron chi connectivity index (χ4n) is 1.02. The van der Waals surface area contributed by atoms with Crippen LogP contribution in [0.3, 0.4) is 0 Å². The molecule has 0 N–H and O–H groups in total. The first kappa shape index (κ1) is 11.7. The predicted molar refractivity (Wildman–Crippen MR) is 46.3 cm³/mol. The van der Waals surface area contributed by atoms with Crippen LogP contribution in [0.5, 0.6) is 0 Å². The molecular weight excluding hydrogens is 215 g/mol. The zero-order valence-electron chi connectivity index (χ0n) is 7.70. The number of hydrogen-bond acceptors (Lipinski definition) is 0. The van der Waals surface area contributed by atoms with Gasteiger partial charge < -0.3 is 0 Å². The summed E-state index contributed by atoms with van der Waals surface area (Å²) in [5.41, 5.74) is -1.08. The Labute approximate surface area is 83.0 Å². The molecule has 0 aliphatic rings. The summed E-state index contributed by atoms with van der Waals surface area (Å²) >= 11 is 0. The van der Waals surface area contributed by atoms with Crippen LogP contribution in [-0.2, 0) is 6.18 Å². The third kappa shape index (κ3) is 2.78. The molecule has 5 heteroatoms. The number of allylic oxidation sites excluding steroid dienone is 1. The quantitative estimate of drug-likeness (QED) is 0.620. The largest absolute Gasteiger partial charge is 0.416 e. The summed E-state index contributed by atoms with van der Waals surface area (Å²) < 4.78 is 60.6. The molecule has 1 rings (SSSR count). The average molecular weight is 222 g/mol. The van der Waals surface area contributed by atoms with Crippen molar-refractivity contribution >= 4 is 5.57 Å². The van der Waals surface area contributed by atoms with E-state index in [2.05, 4.69) is 0 Å². The highest BCUT2D eigenvalue weighted by molar-refractivity contribution is 5.64. The van der Waals surface area contributed by atoms with Crippen molar-refractivity contribution in [2.75, 3.05) is 0 Å². The molecule has 0 aromatic heterocycles. The maximum atomic E-state index is 12.1. The SMILES string of the molecule is CC(=C(F)F)c1ccc(C(F)(F)F)cc1. The van der Waals surface area contributed by atoms with Gasteiger partial charge in [0, 0.05) is 5.57 Å². The monoisotopic (exact) mass is 222 g/mol. The van der Waals surface area contributed by atoms with Crippen molar-refractivity contribution in [1.82, 2.24) is 0 Å². The van der Waals surface area contributed by atoms with Crippen LogP contribution in [0.2, 0.25) is 0 Å². The predicted octanol–water partition coefficient (Wildman–Crippen LogP) is 4.33. The molecule has 0 amide bonds. The number of halogens is 5. The van der Waals surface area contributed by atoms with Crippen molar-refractivity contribution in [3.63, 3.8) is 0 Å². The molecule has 0 spiro atoms. The molecule has 0 fully saturated rings. The number of hydrogen-bond donors (Lipinski definition) is 0. The minimum absolute atomic E-state index is 0.0861. The van der Waals surface area contributed by atoms with Crippen molar-refractivity contribution in [3.05, 3.63) is 41.5 Å². The maximum absolute atomic E-state index is 12.1. The van der Waals surface area contributed by atoms with Gasteiger partial charge in [-0.3, -0.25) is 0 Å². The minimum Gasteiger partial charge on any atom is -0.173 e. The van der Waals surface area contributed by atoms with Gasteiger partial charge in [0.05, 0.1) is 5.56 Å². The Morgan fingerprint density at radius 3 is 1.80 bits per heavy atom. The lowest BCUT2D eigenvalue weighted by Gasteiger charge is -2.07. The number of alkyl halides is 3. The Hall–Kier alpha value is -1.39. The molecule has 1 aromatic carbocycles. The van der Waals surface area contributed by atoms with Crippen LogP contribution in [0.25, 0.3) is 5.57 Å². The van der Waals surface area contributed by atoms with E-state index < -0.39 is 17.8 Å². The summed E-state index contributed by atoms with van der Waals surface area (Å²) in [7, 11) is 0. The molecule has 0 nitrogen and oxygen atoms in total. The van der Waals surface area contributed by atoms with Crippen LogP contribution in [0.4, 0.5) is 22.0 Å². The van der Waals surface area contributed by atoms with Gasteiger partial charge in [0.2, 0.25) is 0 Å². The summed E-state index contributed by atoms with van der Waals surface area (Å²) in [5, 5.41) is 0. The van der Waals surface area contributed by atoms with Crippen LogP contribution >= 0.6 is 0 Å². The van der Waals surface area contributed by atoms with Gasteiger partial charge in [0.25, 0.3) is 6.08 Å². The zero-order valence-corrected chi connectivity index (χ0v) is 7.70. The topological polar surface area (TPSA) is 0 Å². The molecule has 0 radical (unpaired) electrons. The molecule has 0 atom stereocenters. The van der Waals surface area contributed by atoms with E-state index in [9.17, 15) is 22.0 Å². The van der Waals surface area contributed by atoms with E-state index in [1.807, 2.05) is 0 Å². The molecule has 1 aromatic rings. The molecule has 15 heavy (non-hydrogen) atoms. The third-order valence-corrected chi connectivity index (χ3v) is 1.93. The Morgan fingerprint density at radius 2 is 1.47 bits per heavy atom. The van der Waals surface area contributed by atoms with Gasteiger partial charge in [-0.1, -0.05) is 12.1 Å². The van der Waals surface area contributed by atoms with Crippen LogP contribution in [-0.4, -0.2) is 0 Å². The molecule has 0 saturated carbocycles. The highest BCUT2D eigenvalue weighted by Crippen LogP contribution is 2.30. The number of rotatable bonds is 1. The standard InChI is InChI=1S/C10H7F5/c1-6(9(11)12)7-2-4-8(5-3-7)10(13,14)15/h2-5H,1H3. The van der Waals surface area contributed by atoms with Crippen molar-refractivity contribution < 1.29 is 22.0 Å². The van der Waals surface area contributed by atoms with Gasteiger partial charge >= 0.3 is 6.18 Å². The fraction of sp³-hybridized carbons (Fsp3) is 0.200. The van der Waals surface area contributed by atoms with Gasteiger partial charge in [0.1, 0.15) is 0 Å². The molecule has 0 aliphatic heterocycles. The van der Waals surface area contributed by atoms with Gasteiger partial charge in [0.15, 0.2) is 0 Å². The highest BCUT2D eigenvalue weighted by atomic mass is 19.4. The zero-order chi connectivity index (χ0) is 11.6. The summed E-state index contributed by atoms with van der Waals surface area (Å²) in [4.78, 5) is 0. The first-order valence-corrected chi connectivity index (χ1v) is 4.02. The second-order valence-electron chi connectivity index (χ2n) is 2.96. The van der Waals surface area contributed by atoms with E-state index in [0.29, 0.717) is 0 Å². The van der Waals surface area contributed by atoms with Crippen LogP contribution in [0, 0.1) is 0 Å². The van der Waals surface area contributed by atoms with Crippen molar-refractivity contribution in [2.45, 2.75) is 13.1 Å². The maximum Gasteiger partial charge on any atom is 0.416 e. The van der Waals surface area contributed by atoms with E-state index in [-0.39, 0.29) is 11.1 Å². The summed E-state index contributed by atoms with van der Waals surface area (Å²) in [5.74, 6) is 0. The molecule has 82 valence electrons. The van der Waals surface area contributed by atoms with E-state index in [0.717, 1.165) is 31.2 Å². The fourth-order valence-corrected chi connectivity index (χ4v) is 1.02. The highest BCUT2D eigenvalue weighted by Gasteiger charge is 2.29. The lowest BCUT2D eigenvalue weighted by atomic mass is 10.1. The molecule has 0 unspecified atom stereocenters. The Kier molecular flexibility index (Phi) is 3.12. The summed E-state index contributed by atoms with van der Waals surface area (Å²) in [6.07, 6.45) is -6.33. The van der Waals surface area contributed by atoms with Crippen molar-refractivity contribution in [2.24, 2.45) is 0 Å². The van der Waals surface area contributed by atoms with Gasteiger partial charge in [-0.2, -0.15) is 22.0 Å². The average Bonchev–Trinajstić information content (AvgIpc) is 2.15. The second kappa shape index (κ2) is 4.00. The van der Waals surface area contributed by atoms with Gasteiger partial charge in [-0.25, -0.2) is 0 Å². The number of benzene rings is 1. The normalized spacial score (nSPS) is 11.3. The lowest BCUT2D eigenvalue weighted by Crippen LogP contribution is -2.04. The third-order valence-electron chi connectivity index (χ3n) is 1.93. The first-order chi connectivity index (χ1) is 6.82. The van der Waals surface area contributed by atoms with E-state index in [4.69, 9.17) is 0 Å². The first-order valence-electron chi connectivity index (χ1n) is 4.02. The Morgan fingerprint density at radius 1 is 1.00 bits per heavy atom. The van der Waals surface area contributed by atoms with Gasteiger partial charge in [-0.15, -0.1) is 0 Å². The van der Waals surface area contributed by atoms with E-state index >= 15 is 0 Å². The minimum atomic E-state index is -4.44. The Bertz CT molecular complexity index is 368. The molecule has 0 saturated heterocycles. The van der Waals surface area contributed by atoms with E-state index in [1.165, 1.54) is 0 Å². The van der Waals surface area contributed by atoms with E-state index in [1.54, 1.807) is 0 Å². The van der Waals surface area contributed by atoms with Crippen molar-refractivity contribution in [1.29, 1.82) is 0 Å². The second-order valence-corrected chi connectivity index (χ2v) is 2.96. The van der Waals surface area contributed by atoms with Crippen molar-refractivity contribution in [3.8, 4) is 0 Å². The smallest absolute Gasteiger partial charge is 0.173 e. The molecular formula is C10H7F5. The summed E-state index contributed by atoms with van der Waals surface area (Å²) in [6.45, 7) is 1.15. The molecule has 0 bridgehead atoms. The van der Waals surface area contributed by atoms with Crippen LogP contribution in [0.15, 0.2) is 30.3 Å². The van der Waals surface area contributed by atoms with Crippen LogP contribution in [0.1, 0.15) is 18.1 Å². The Balaban J connectivity index is 3.07.